The molecule has 2 N–H and O–H groups in total. The van der Waals surface area contributed by atoms with Crippen LogP contribution in [0.25, 0.3) is 11.1 Å². The van der Waals surface area contributed by atoms with Crippen molar-refractivity contribution in [2.24, 2.45) is 0 Å². The van der Waals surface area contributed by atoms with E-state index in [4.69, 9.17) is 4.42 Å². The molecule has 0 aliphatic heterocycles. The van der Waals surface area contributed by atoms with E-state index >= 15 is 0 Å². The minimum Gasteiger partial charge on any atom is -0.480 e. The average molecular weight is 294 g/mol. The third-order valence-corrected chi connectivity index (χ3v) is 4.24. The Bertz CT molecular complexity index is 580. The molecule has 2 unspecified atom stereocenters. The quantitative estimate of drug-likeness (QED) is 0.798. The number of carbonyl (C=O) groups is 1. The number of para-hydroxylation sites is 2. The molecule has 0 aliphatic carbocycles. The molecule has 0 saturated carbocycles. The van der Waals surface area contributed by atoms with Gasteiger partial charge in [-0.1, -0.05) is 30.8 Å². The lowest BCUT2D eigenvalue weighted by molar-refractivity contribution is -0.144. The molecule has 2 rings (SSSR count). The van der Waals surface area contributed by atoms with Crippen molar-refractivity contribution in [1.82, 2.24) is 10.3 Å². The normalized spacial score (nSPS) is 15.9. The molecule has 2 atom stereocenters. The molecule has 6 heteroatoms. The van der Waals surface area contributed by atoms with E-state index in [1.54, 1.807) is 14.0 Å². The first-order valence-corrected chi connectivity index (χ1v) is 7.27. The first kappa shape index (κ1) is 14.9. The first-order chi connectivity index (χ1) is 9.44. The van der Waals surface area contributed by atoms with Crippen LogP contribution in [0.2, 0.25) is 0 Å². The second-order valence-electron chi connectivity index (χ2n) is 4.97. The summed E-state index contributed by atoms with van der Waals surface area (Å²) >= 11 is 1.45. The fraction of sp³-hybridized carbons (Fsp3) is 0.429. The highest BCUT2D eigenvalue weighted by Gasteiger charge is 2.33. The maximum absolute atomic E-state index is 11.3. The molecule has 1 aromatic heterocycles. The van der Waals surface area contributed by atoms with Gasteiger partial charge in [0.15, 0.2) is 5.58 Å². The predicted molar refractivity (Wildman–Crippen MR) is 79.0 cm³/mol. The Hall–Kier alpha value is -1.53. The van der Waals surface area contributed by atoms with Crippen LogP contribution in [0.4, 0.5) is 0 Å². The molecule has 20 heavy (non-hydrogen) atoms. The van der Waals surface area contributed by atoms with Gasteiger partial charge in [0, 0.05) is 5.25 Å². The summed E-state index contributed by atoms with van der Waals surface area (Å²) in [5.41, 5.74) is 0.618. The van der Waals surface area contributed by atoms with E-state index in [9.17, 15) is 9.90 Å². The average Bonchev–Trinajstić information content (AvgIpc) is 2.79. The monoisotopic (exact) mass is 294 g/mol. The number of oxazole rings is 1. The van der Waals surface area contributed by atoms with Crippen LogP contribution in [0.15, 0.2) is 33.9 Å². The maximum Gasteiger partial charge on any atom is 0.323 e. The number of rotatable bonds is 6. The van der Waals surface area contributed by atoms with Gasteiger partial charge in [0.25, 0.3) is 5.22 Å². The standard InChI is InChI=1S/C14H18N2O3S/c1-9(8-14(2,15-3)12(17)18)20-13-16-10-6-4-5-7-11(10)19-13/h4-7,9,15H,8H2,1-3H3,(H,17,18). The summed E-state index contributed by atoms with van der Waals surface area (Å²) in [4.78, 5) is 15.7. The lowest BCUT2D eigenvalue weighted by atomic mass is 9.97. The molecule has 1 aromatic carbocycles. The minimum atomic E-state index is -0.946. The van der Waals surface area contributed by atoms with Gasteiger partial charge in [-0.15, -0.1) is 0 Å². The third kappa shape index (κ3) is 3.13. The SMILES string of the molecule is CNC(C)(CC(C)Sc1nc2ccccc2o1)C(=O)O. The number of thioether (sulfide) groups is 1. The van der Waals surface area contributed by atoms with E-state index in [0.717, 1.165) is 11.1 Å². The third-order valence-electron chi connectivity index (χ3n) is 3.30. The summed E-state index contributed by atoms with van der Waals surface area (Å²) in [6, 6.07) is 7.56. The Morgan fingerprint density at radius 2 is 2.25 bits per heavy atom. The number of carboxylic acid groups (broad SMARTS) is 1. The van der Waals surface area contributed by atoms with E-state index in [-0.39, 0.29) is 5.25 Å². The second kappa shape index (κ2) is 5.85. The smallest absolute Gasteiger partial charge is 0.323 e. The molecule has 1 heterocycles. The number of nitrogens with zero attached hydrogens (tertiary/aromatic N) is 1. The van der Waals surface area contributed by atoms with Crippen LogP contribution >= 0.6 is 11.8 Å². The van der Waals surface area contributed by atoms with Crippen LogP contribution in [0.5, 0.6) is 0 Å². The number of hydrogen-bond acceptors (Lipinski definition) is 5. The Kier molecular flexibility index (Phi) is 4.35. The summed E-state index contributed by atoms with van der Waals surface area (Å²) < 4.78 is 5.63. The fourth-order valence-electron chi connectivity index (χ4n) is 1.99. The van der Waals surface area contributed by atoms with Gasteiger partial charge in [-0.05, 0) is 32.5 Å². The van der Waals surface area contributed by atoms with Crippen molar-refractivity contribution in [2.75, 3.05) is 7.05 Å². The molecular formula is C14H18N2O3S. The van der Waals surface area contributed by atoms with E-state index in [0.29, 0.717) is 11.6 Å². The van der Waals surface area contributed by atoms with E-state index in [2.05, 4.69) is 10.3 Å². The minimum absolute atomic E-state index is 0.0663. The van der Waals surface area contributed by atoms with Crippen molar-refractivity contribution in [2.45, 2.75) is 36.3 Å². The number of aromatic nitrogens is 1. The highest BCUT2D eigenvalue weighted by Crippen LogP contribution is 2.30. The molecule has 5 nitrogen and oxygen atoms in total. The molecule has 0 aliphatic rings. The van der Waals surface area contributed by atoms with E-state index in [1.807, 2.05) is 31.2 Å². The van der Waals surface area contributed by atoms with Crippen molar-refractivity contribution in [3.8, 4) is 0 Å². The zero-order valence-electron chi connectivity index (χ0n) is 11.7. The lowest BCUT2D eigenvalue weighted by Gasteiger charge is -2.26. The fourth-order valence-corrected chi connectivity index (χ4v) is 3.04. The van der Waals surface area contributed by atoms with Crippen LogP contribution in [-0.2, 0) is 4.79 Å². The van der Waals surface area contributed by atoms with Crippen molar-refractivity contribution in [1.29, 1.82) is 0 Å². The van der Waals surface area contributed by atoms with Gasteiger partial charge >= 0.3 is 5.97 Å². The highest BCUT2D eigenvalue weighted by molar-refractivity contribution is 7.99. The molecule has 0 radical (unpaired) electrons. The number of carboxylic acids is 1. The molecule has 0 fully saturated rings. The number of likely N-dealkylation sites (N-methyl/N-ethyl adjacent to an activating group) is 1. The number of nitrogens with one attached hydrogen (secondary N) is 1. The first-order valence-electron chi connectivity index (χ1n) is 6.39. The summed E-state index contributed by atoms with van der Waals surface area (Å²) in [6.45, 7) is 3.65. The molecular weight excluding hydrogens is 276 g/mol. The topological polar surface area (TPSA) is 75.4 Å². The van der Waals surface area contributed by atoms with Crippen molar-refractivity contribution < 1.29 is 14.3 Å². The summed E-state index contributed by atoms with van der Waals surface area (Å²) in [5, 5.41) is 12.7. The van der Waals surface area contributed by atoms with Gasteiger partial charge in [-0.25, -0.2) is 4.98 Å². The van der Waals surface area contributed by atoms with Crippen molar-refractivity contribution in [3.63, 3.8) is 0 Å². The predicted octanol–water partition coefficient (Wildman–Crippen LogP) is 2.76. The van der Waals surface area contributed by atoms with Gasteiger partial charge in [-0.2, -0.15) is 0 Å². The molecule has 0 bridgehead atoms. The van der Waals surface area contributed by atoms with Crippen LogP contribution in [0.3, 0.4) is 0 Å². The summed E-state index contributed by atoms with van der Waals surface area (Å²) in [6.07, 6.45) is 0.474. The van der Waals surface area contributed by atoms with Gasteiger partial charge in [0.2, 0.25) is 0 Å². The van der Waals surface area contributed by atoms with Crippen LogP contribution < -0.4 is 5.32 Å². The molecule has 108 valence electrons. The van der Waals surface area contributed by atoms with Crippen LogP contribution in [-0.4, -0.2) is 33.9 Å². The molecule has 0 amide bonds. The Labute approximate surface area is 121 Å². The zero-order valence-corrected chi connectivity index (χ0v) is 12.5. The molecule has 0 saturated heterocycles. The van der Waals surface area contributed by atoms with Gasteiger partial charge in [-0.3, -0.25) is 4.79 Å². The maximum atomic E-state index is 11.3. The Morgan fingerprint density at radius 3 is 2.85 bits per heavy atom. The number of aliphatic carboxylic acids is 1. The highest BCUT2D eigenvalue weighted by atomic mass is 32.2. The summed E-state index contributed by atoms with van der Waals surface area (Å²) in [5.74, 6) is -0.856. The Morgan fingerprint density at radius 1 is 1.55 bits per heavy atom. The lowest BCUT2D eigenvalue weighted by Crippen LogP contribution is -2.49. The van der Waals surface area contributed by atoms with E-state index in [1.165, 1.54) is 11.8 Å². The van der Waals surface area contributed by atoms with E-state index < -0.39 is 11.5 Å². The zero-order chi connectivity index (χ0) is 14.8. The van der Waals surface area contributed by atoms with Crippen molar-refractivity contribution in [3.05, 3.63) is 24.3 Å². The molecule has 2 aromatic rings. The van der Waals surface area contributed by atoms with Crippen LogP contribution in [0, 0.1) is 0 Å². The summed E-state index contributed by atoms with van der Waals surface area (Å²) in [7, 11) is 1.66. The molecule has 0 spiro atoms. The van der Waals surface area contributed by atoms with Gasteiger partial charge < -0.3 is 14.8 Å². The van der Waals surface area contributed by atoms with Crippen LogP contribution in [0.1, 0.15) is 20.3 Å². The number of fused-ring (bicyclic) bond motifs is 1. The largest absolute Gasteiger partial charge is 0.480 e. The van der Waals surface area contributed by atoms with Crippen molar-refractivity contribution >= 4 is 28.8 Å². The second-order valence-corrected chi connectivity index (χ2v) is 6.36. The van der Waals surface area contributed by atoms with Gasteiger partial charge in [0.05, 0.1) is 0 Å². The number of hydrogen-bond donors (Lipinski definition) is 2. The van der Waals surface area contributed by atoms with Gasteiger partial charge in [0.1, 0.15) is 11.1 Å². The Balaban J connectivity index is 2.07. The number of benzene rings is 1.